The SMILES string of the molecule is CCC1(C)Cc2ccccc2-c2c1c(=O)n(Cc1ccccc1)c1nnc(SC)n21. The highest BCUT2D eigenvalue weighted by molar-refractivity contribution is 7.98. The van der Waals surface area contributed by atoms with Crippen molar-refractivity contribution in [1.29, 1.82) is 0 Å². The minimum atomic E-state index is -0.243. The van der Waals surface area contributed by atoms with E-state index < -0.39 is 0 Å². The molecule has 1 aliphatic rings. The molecule has 30 heavy (non-hydrogen) atoms. The summed E-state index contributed by atoms with van der Waals surface area (Å²) in [7, 11) is 0. The molecule has 5 rings (SSSR count). The molecular formula is C24H24N4OS. The summed E-state index contributed by atoms with van der Waals surface area (Å²) >= 11 is 1.56. The standard InChI is InChI=1S/C24H24N4OS/c1-4-24(2)14-17-12-8-9-13-18(17)20-19(24)21(29)27(15-16-10-6-5-7-11-16)22-25-26-23(30-3)28(20)22/h5-13H,4,14-15H2,1-3H3. The smallest absolute Gasteiger partial charge is 0.259 e. The van der Waals surface area contributed by atoms with Gasteiger partial charge in [-0.05, 0) is 30.2 Å². The Morgan fingerprint density at radius 1 is 1.07 bits per heavy atom. The molecule has 6 heteroatoms. The normalized spacial score (nSPS) is 17.7. The third-order valence-corrected chi connectivity index (χ3v) is 7.01. The van der Waals surface area contributed by atoms with Crippen molar-refractivity contribution in [2.45, 2.75) is 43.8 Å². The lowest BCUT2D eigenvalue weighted by Gasteiger charge is -2.36. The van der Waals surface area contributed by atoms with Crippen LogP contribution in [0.2, 0.25) is 0 Å². The van der Waals surface area contributed by atoms with Crippen LogP contribution in [0.15, 0.2) is 64.5 Å². The topological polar surface area (TPSA) is 52.2 Å². The van der Waals surface area contributed by atoms with Crippen LogP contribution in [0.1, 0.15) is 37.0 Å². The highest BCUT2D eigenvalue weighted by atomic mass is 32.2. The Kier molecular flexibility index (Phi) is 4.54. The fourth-order valence-corrected chi connectivity index (χ4v) is 5.11. The van der Waals surface area contributed by atoms with Crippen molar-refractivity contribution in [3.8, 4) is 11.3 Å². The van der Waals surface area contributed by atoms with Crippen LogP contribution in [-0.4, -0.2) is 25.4 Å². The fourth-order valence-electron chi connectivity index (χ4n) is 4.63. The lowest BCUT2D eigenvalue weighted by molar-refractivity contribution is 0.435. The third kappa shape index (κ3) is 2.74. The van der Waals surface area contributed by atoms with Crippen LogP contribution in [0, 0.1) is 0 Å². The molecular weight excluding hydrogens is 392 g/mol. The quantitative estimate of drug-likeness (QED) is 0.458. The summed E-state index contributed by atoms with van der Waals surface area (Å²) in [6, 6.07) is 18.5. The number of rotatable bonds is 4. The van der Waals surface area contributed by atoms with Crippen molar-refractivity contribution in [3.63, 3.8) is 0 Å². The number of nitrogens with zero attached hydrogens (tertiary/aromatic N) is 4. The van der Waals surface area contributed by atoms with Crippen LogP contribution in [0.3, 0.4) is 0 Å². The van der Waals surface area contributed by atoms with E-state index >= 15 is 0 Å². The summed E-state index contributed by atoms with van der Waals surface area (Å²) in [5, 5.41) is 9.69. The third-order valence-electron chi connectivity index (χ3n) is 6.38. The average Bonchev–Trinajstić information content (AvgIpc) is 3.20. The molecule has 0 bridgehead atoms. The maximum absolute atomic E-state index is 14.0. The number of aromatic nitrogens is 4. The maximum Gasteiger partial charge on any atom is 0.259 e. The molecule has 2 heterocycles. The average molecular weight is 417 g/mol. The molecule has 2 aromatic carbocycles. The second kappa shape index (κ2) is 7.13. The molecule has 4 aromatic rings. The summed E-state index contributed by atoms with van der Waals surface area (Å²) in [5.74, 6) is 0.599. The van der Waals surface area contributed by atoms with Crippen LogP contribution < -0.4 is 5.56 Å². The molecule has 152 valence electrons. The van der Waals surface area contributed by atoms with E-state index in [4.69, 9.17) is 0 Å². The van der Waals surface area contributed by atoms with Crippen LogP contribution in [0.25, 0.3) is 17.0 Å². The zero-order valence-electron chi connectivity index (χ0n) is 17.4. The first-order chi connectivity index (χ1) is 14.6. The van der Waals surface area contributed by atoms with Crippen molar-refractivity contribution in [3.05, 3.63) is 81.6 Å². The number of fused-ring (bicyclic) bond motifs is 5. The molecule has 1 unspecified atom stereocenters. The van der Waals surface area contributed by atoms with Gasteiger partial charge in [0.1, 0.15) is 0 Å². The molecule has 0 aliphatic heterocycles. The van der Waals surface area contributed by atoms with E-state index in [1.54, 1.807) is 16.3 Å². The summed E-state index contributed by atoms with van der Waals surface area (Å²) < 4.78 is 3.89. The van der Waals surface area contributed by atoms with Crippen molar-refractivity contribution in [2.24, 2.45) is 0 Å². The van der Waals surface area contributed by atoms with E-state index in [2.05, 4.69) is 46.6 Å². The maximum atomic E-state index is 14.0. The Bertz CT molecular complexity index is 1310. The van der Waals surface area contributed by atoms with E-state index in [9.17, 15) is 4.79 Å². The Balaban J connectivity index is 1.92. The van der Waals surface area contributed by atoms with Crippen LogP contribution in [-0.2, 0) is 18.4 Å². The summed E-state index contributed by atoms with van der Waals surface area (Å²) in [4.78, 5) is 14.0. The second-order valence-electron chi connectivity index (χ2n) is 8.17. The van der Waals surface area contributed by atoms with Gasteiger partial charge < -0.3 is 0 Å². The van der Waals surface area contributed by atoms with Crippen molar-refractivity contribution >= 4 is 17.5 Å². The molecule has 0 saturated carbocycles. The van der Waals surface area contributed by atoms with E-state index in [0.717, 1.165) is 40.4 Å². The molecule has 1 aliphatic carbocycles. The molecule has 0 saturated heterocycles. The molecule has 5 nitrogen and oxygen atoms in total. The van der Waals surface area contributed by atoms with Crippen LogP contribution >= 0.6 is 11.8 Å². The van der Waals surface area contributed by atoms with Gasteiger partial charge in [0, 0.05) is 16.5 Å². The van der Waals surface area contributed by atoms with Gasteiger partial charge in [0.2, 0.25) is 5.78 Å². The highest BCUT2D eigenvalue weighted by Gasteiger charge is 2.39. The van der Waals surface area contributed by atoms with Gasteiger partial charge in [0.15, 0.2) is 5.16 Å². The van der Waals surface area contributed by atoms with E-state index in [0.29, 0.717) is 12.3 Å². The van der Waals surface area contributed by atoms with E-state index in [1.807, 2.05) is 42.7 Å². The molecule has 0 radical (unpaired) electrons. The van der Waals surface area contributed by atoms with E-state index in [-0.39, 0.29) is 11.0 Å². The summed E-state index contributed by atoms with van der Waals surface area (Å²) in [5.41, 5.74) is 5.10. The lowest BCUT2D eigenvalue weighted by atomic mass is 9.69. The highest BCUT2D eigenvalue weighted by Crippen LogP contribution is 2.44. The van der Waals surface area contributed by atoms with Crippen LogP contribution in [0.5, 0.6) is 0 Å². The minimum Gasteiger partial charge on any atom is -0.272 e. The largest absolute Gasteiger partial charge is 0.272 e. The van der Waals surface area contributed by atoms with Gasteiger partial charge >= 0.3 is 0 Å². The zero-order chi connectivity index (χ0) is 20.9. The number of benzene rings is 2. The van der Waals surface area contributed by atoms with Gasteiger partial charge in [-0.1, -0.05) is 80.2 Å². The first-order valence-electron chi connectivity index (χ1n) is 10.3. The minimum absolute atomic E-state index is 0.0419. The molecule has 1 atom stereocenters. The Morgan fingerprint density at radius 2 is 1.80 bits per heavy atom. The molecule has 0 fully saturated rings. The first kappa shape index (κ1) is 19.1. The van der Waals surface area contributed by atoms with Crippen molar-refractivity contribution in [1.82, 2.24) is 19.2 Å². The van der Waals surface area contributed by atoms with Crippen molar-refractivity contribution < 1.29 is 0 Å². The predicted octanol–water partition coefficient (Wildman–Crippen LogP) is 4.55. The fraction of sp³-hybridized carbons (Fsp3) is 0.292. The monoisotopic (exact) mass is 416 g/mol. The van der Waals surface area contributed by atoms with Gasteiger partial charge in [0.25, 0.3) is 5.56 Å². The number of thioether (sulfide) groups is 1. The number of hydrogen-bond donors (Lipinski definition) is 0. The Morgan fingerprint density at radius 3 is 2.53 bits per heavy atom. The van der Waals surface area contributed by atoms with Crippen LogP contribution in [0.4, 0.5) is 0 Å². The number of hydrogen-bond acceptors (Lipinski definition) is 4. The molecule has 0 spiro atoms. The van der Waals surface area contributed by atoms with Gasteiger partial charge in [-0.3, -0.25) is 13.8 Å². The lowest BCUT2D eigenvalue weighted by Crippen LogP contribution is -2.40. The van der Waals surface area contributed by atoms with Gasteiger partial charge in [-0.2, -0.15) is 0 Å². The summed E-state index contributed by atoms with van der Waals surface area (Å²) in [6.45, 7) is 4.86. The summed E-state index contributed by atoms with van der Waals surface area (Å²) in [6.07, 6.45) is 3.75. The van der Waals surface area contributed by atoms with E-state index in [1.165, 1.54) is 5.56 Å². The van der Waals surface area contributed by atoms with Gasteiger partial charge in [0.05, 0.1) is 12.2 Å². The van der Waals surface area contributed by atoms with Gasteiger partial charge in [-0.25, -0.2) is 0 Å². The molecule has 0 N–H and O–H groups in total. The van der Waals surface area contributed by atoms with Gasteiger partial charge in [-0.15, -0.1) is 10.2 Å². The molecule has 0 amide bonds. The Hall–Kier alpha value is -2.86. The van der Waals surface area contributed by atoms with Crippen molar-refractivity contribution in [2.75, 3.05) is 6.26 Å². The predicted molar refractivity (Wildman–Crippen MR) is 121 cm³/mol. The first-order valence-corrected chi connectivity index (χ1v) is 11.5. The Labute approximate surface area is 179 Å². The second-order valence-corrected chi connectivity index (χ2v) is 8.94. The molecule has 2 aromatic heterocycles. The zero-order valence-corrected chi connectivity index (χ0v) is 18.2.